The highest BCUT2D eigenvalue weighted by Crippen LogP contribution is 2.26. The van der Waals surface area contributed by atoms with E-state index >= 15 is 0 Å². The van der Waals surface area contributed by atoms with Gasteiger partial charge in [-0.25, -0.2) is 0 Å². The van der Waals surface area contributed by atoms with Crippen molar-refractivity contribution in [3.8, 4) is 0 Å². The first-order valence-electron chi connectivity index (χ1n) is 7.77. The van der Waals surface area contributed by atoms with E-state index < -0.39 is 0 Å². The van der Waals surface area contributed by atoms with Crippen molar-refractivity contribution in [2.24, 2.45) is 5.73 Å². The van der Waals surface area contributed by atoms with Gasteiger partial charge in [0.1, 0.15) is 0 Å². The van der Waals surface area contributed by atoms with Crippen molar-refractivity contribution in [1.82, 2.24) is 20.0 Å². The van der Waals surface area contributed by atoms with Crippen LogP contribution in [0.3, 0.4) is 0 Å². The number of carbonyl (C=O) groups excluding carboxylic acids is 1. The SMILES string of the molecule is Cc1c(C(=O)NCC(C)N(C)C2CC2)cnn1CCCN. The molecule has 6 nitrogen and oxygen atoms in total. The minimum absolute atomic E-state index is 0.0393. The van der Waals surface area contributed by atoms with Gasteiger partial charge in [0.25, 0.3) is 5.91 Å². The molecule has 118 valence electrons. The molecule has 0 aromatic carbocycles. The van der Waals surface area contributed by atoms with Gasteiger partial charge in [-0.05, 0) is 46.7 Å². The van der Waals surface area contributed by atoms with Crippen molar-refractivity contribution in [2.45, 2.75) is 51.7 Å². The molecule has 0 saturated heterocycles. The molecular formula is C15H27N5O. The molecule has 3 N–H and O–H groups in total. The Hall–Kier alpha value is -1.40. The highest BCUT2D eigenvalue weighted by atomic mass is 16.1. The predicted octanol–water partition coefficient (Wildman–Crippen LogP) is 0.753. The van der Waals surface area contributed by atoms with Crippen molar-refractivity contribution in [3.63, 3.8) is 0 Å². The number of amides is 1. The maximum Gasteiger partial charge on any atom is 0.254 e. The van der Waals surface area contributed by atoms with Gasteiger partial charge in [0.05, 0.1) is 11.8 Å². The Morgan fingerprint density at radius 1 is 1.62 bits per heavy atom. The van der Waals surface area contributed by atoms with Crippen LogP contribution in [0, 0.1) is 6.92 Å². The Balaban J connectivity index is 1.86. The molecule has 1 aliphatic carbocycles. The largest absolute Gasteiger partial charge is 0.350 e. The molecule has 0 aliphatic heterocycles. The van der Waals surface area contributed by atoms with Crippen LogP contribution in [-0.2, 0) is 6.54 Å². The number of nitrogens with two attached hydrogens (primary N) is 1. The summed E-state index contributed by atoms with van der Waals surface area (Å²) >= 11 is 0. The van der Waals surface area contributed by atoms with Crippen LogP contribution in [-0.4, -0.2) is 52.8 Å². The molecule has 1 aromatic rings. The molecule has 1 aliphatic rings. The average Bonchev–Trinajstić information content (AvgIpc) is 3.26. The maximum absolute atomic E-state index is 12.3. The fourth-order valence-electron chi connectivity index (χ4n) is 2.46. The van der Waals surface area contributed by atoms with E-state index in [2.05, 4.69) is 29.3 Å². The van der Waals surface area contributed by atoms with Gasteiger partial charge in [0.2, 0.25) is 0 Å². The number of aryl methyl sites for hydroxylation is 1. The van der Waals surface area contributed by atoms with Crippen molar-refractivity contribution >= 4 is 5.91 Å². The standard InChI is InChI=1S/C15H27N5O/c1-11(19(3)13-5-6-13)9-17-15(21)14-10-18-20(12(14)2)8-4-7-16/h10-11,13H,4-9,16H2,1-3H3,(H,17,21). The third-order valence-electron chi connectivity index (χ3n) is 4.30. The van der Waals surface area contributed by atoms with Crippen molar-refractivity contribution in [2.75, 3.05) is 20.1 Å². The number of likely N-dealkylation sites (N-methyl/N-ethyl adjacent to an activating group) is 1. The molecule has 21 heavy (non-hydrogen) atoms. The second kappa shape index (κ2) is 7.04. The number of nitrogens with zero attached hydrogens (tertiary/aromatic N) is 3. The number of aromatic nitrogens is 2. The lowest BCUT2D eigenvalue weighted by molar-refractivity contribution is 0.0938. The average molecular weight is 293 g/mol. The van der Waals surface area contributed by atoms with Gasteiger partial charge in [0.15, 0.2) is 0 Å². The topological polar surface area (TPSA) is 76.2 Å². The van der Waals surface area contributed by atoms with Crippen molar-refractivity contribution in [3.05, 3.63) is 17.5 Å². The summed E-state index contributed by atoms with van der Waals surface area (Å²) in [6.07, 6.45) is 5.08. The van der Waals surface area contributed by atoms with E-state index in [1.54, 1.807) is 6.20 Å². The Morgan fingerprint density at radius 2 is 2.33 bits per heavy atom. The summed E-state index contributed by atoms with van der Waals surface area (Å²) < 4.78 is 1.85. The molecule has 1 amide bonds. The Bertz CT molecular complexity index is 480. The van der Waals surface area contributed by atoms with Crippen LogP contribution in [0.4, 0.5) is 0 Å². The summed E-state index contributed by atoms with van der Waals surface area (Å²) in [7, 11) is 2.13. The molecule has 1 aromatic heterocycles. The maximum atomic E-state index is 12.3. The number of nitrogens with one attached hydrogen (secondary N) is 1. The summed E-state index contributed by atoms with van der Waals surface area (Å²) in [6, 6.07) is 1.06. The van der Waals surface area contributed by atoms with Gasteiger partial charge in [0, 0.05) is 30.9 Å². The zero-order chi connectivity index (χ0) is 15.4. The molecule has 1 heterocycles. The summed E-state index contributed by atoms with van der Waals surface area (Å²) in [5.41, 5.74) is 7.07. The fraction of sp³-hybridized carbons (Fsp3) is 0.733. The van der Waals surface area contributed by atoms with Gasteiger partial charge in [-0.3, -0.25) is 14.4 Å². The summed E-state index contributed by atoms with van der Waals surface area (Å²) in [5.74, 6) is -0.0393. The first-order chi connectivity index (χ1) is 10.0. The normalized spacial score (nSPS) is 16.2. The number of rotatable bonds is 8. The Kier molecular flexibility index (Phi) is 5.36. The quantitative estimate of drug-likeness (QED) is 0.742. The molecule has 1 fully saturated rings. The summed E-state index contributed by atoms with van der Waals surface area (Å²) in [5, 5.41) is 7.28. The zero-order valence-corrected chi connectivity index (χ0v) is 13.3. The molecule has 6 heteroatoms. The number of carbonyl (C=O) groups is 1. The highest BCUT2D eigenvalue weighted by molar-refractivity contribution is 5.95. The van der Waals surface area contributed by atoms with Crippen LogP contribution in [0.15, 0.2) is 6.20 Å². The van der Waals surface area contributed by atoms with E-state index in [4.69, 9.17) is 5.73 Å². The lowest BCUT2D eigenvalue weighted by Gasteiger charge is -2.24. The molecular weight excluding hydrogens is 266 g/mol. The van der Waals surface area contributed by atoms with Gasteiger partial charge >= 0.3 is 0 Å². The molecule has 0 spiro atoms. The van der Waals surface area contributed by atoms with Crippen LogP contribution in [0.2, 0.25) is 0 Å². The minimum atomic E-state index is -0.0393. The zero-order valence-electron chi connectivity index (χ0n) is 13.3. The first-order valence-corrected chi connectivity index (χ1v) is 7.77. The van der Waals surface area contributed by atoms with Gasteiger partial charge in [-0.2, -0.15) is 5.10 Å². The van der Waals surface area contributed by atoms with E-state index in [9.17, 15) is 4.79 Å². The van der Waals surface area contributed by atoms with E-state index in [-0.39, 0.29) is 5.91 Å². The second-order valence-electron chi connectivity index (χ2n) is 5.96. The molecule has 0 bridgehead atoms. The van der Waals surface area contributed by atoms with Crippen molar-refractivity contribution < 1.29 is 4.79 Å². The molecule has 1 unspecified atom stereocenters. The Labute approximate surface area is 126 Å². The highest BCUT2D eigenvalue weighted by Gasteiger charge is 2.29. The minimum Gasteiger partial charge on any atom is -0.350 e. The molecule has 1 atom stereocenters. The fourth-order valence-corrected chi connectivity index (χ4v) is 2.46. The third-order valence-corrected chi connectivity index (χ3v) is 4.30. The van der Waals surface area contributed by atoms with E-state index in [0.29, 0.717) is 30.7 Å². The van der Waals surface area contributed by atoms with Crippen LogP contribution < -0.4 is 11.1 Å². The van der Waals surface area contributed by atoms with E-state index in [1.165, 1.54) is 12.8 Å². The van der Waals surface area contributed by atoms with Crippen LogP contribution in [0.1, 0.15) is 42.2 Å². The smallest absolute Gasteiger partial charge is 0.254 e. The molecule has 0 radical (unpaired) electrons. The van der Waals surface area contributed by atoms with Crippen LogP contribution >= 0.6 is 0 Å². The lowest BCUT2D eigenvalue weighted by Crippen LogP contribution is -2.41. The third kappa shape index (κ3) is 4.04. The molecule has 1 saturated carbocycles. The van der Waals surface area contributed by atoms with Crippen LogP contribution in [0.5, 0.6) is 0 Å². The van der Waals surface area contributed by atoms with Gasteiger partial charge in [-0.15, -0.1) is 0 Å². The lowest BCUT2D eigenvalue weighted by atomic mass is 10.2. The van der Waals surface area contributed by atoms with Gasteiger partial charge in [-0.1, -0.05) is 0 Å². The monoisotopic (exact) mass is 293 g/mol. The van der Waals surface area contributed by atoms with Gasteiger partial charge < -0.3 is 11.1 Å². The van der Waals surface area contributed by atoms with E-state index in [1.807, 2.05) is 11.6 Å². The first kappa shape index (κ1) is 16.0. The summed E-state index contributed by atoms with van der Waals surface area (Å²) in [4.78, 5) is 14.6. The Morgan fingerprint density at radius 3 is 2.95 bits per heavy atom. The second-order valence-corrected chi connectivity index (χ2v) is 5.96. The molecule has 2 rings (SSSR count). The predicted molar refractivity (Wildman–Crippen MR) is 83.2 cm³/mol. The van der Waals surface area contributed by atoms with Crippen LogP contribution in [0.25, 0.3) is 0 Å². The van der Waals surface area contributed by atoms with E-state index in [0.717, 1.165) is 18.7 Å². The summed E-state index contributed by atoms with van der Waals surface area (Å²) in [6.45, 7) is 6.13. The number of hydrogen-bond donors (Lipinski definition) is 2. The van der Waals surface area contributed by atoms with Crippen molar-refractivity contribution in [1.29, 1.82) is 0 Å². The number of hydrogen-bond acceptors (Lipinski definition) is 4.